The van der Waals surface area contributed by atoms with Crippen molar-refractivity contribution in [3.05, 3.63) is 85.9 Å². The number of hydrogen-bond donors (Lipinski definition) is 1. The van der Waals surface area contributed by atoms with Crippen molar-refractivity contribution in [1.82, 2.24) is 14.5 Å². The molecule has 0 atom stereocenters. The molecule has 0 aliphatic rings. The summed E-state index contributed by atoms with van der Waals surface area (Å²) in [6.45, 7) is 2.36. The van der Waals surface area contributed by atoms with E-state index in [1.165, 1.54) is 27.5 Å². The molecule has 0 amide bonds. The van der Waals surface area contributed by atoms with Crippen molar-refractivity contribution in [3.8, 4) is 22.9 Å². The summed E-state index contributed by atoms with van der Waals surface area (Å²) in [6.07, 6.45) is 1.51. The standard InChI is InChI=1S/C28H19ClF2N4O4S/c1-14-34-21-10-16(28(2,30)31)9-15(12-32)23(21)26(36)35(14)7-8-39-22-4-3-17(29)11-19(22)18-5-6-33-24-20(27(37)38)13-40-25(18)24/h3-6,9-11,13H,7-8H2,1-2H3,(H,37,38). The van der Waals surface area contributed by atoms with Gasteiger partial charge in [0.15, 0.2) is 0 Å². The summed E-state index contributed by atoms with van der Waals surface area (Å²) in [5.74, 6) is -3.57. The summed E-state index contributed by atoms with van der Waals surface area (Å²) in [5, 5.41) is 21.0. The minimum Gasteiger partial charge on any atom is -0.491 e. The molecule has 0 unspecified atom stereocenters. The zero-order chi connectivity index (χ0) is 28.8. The minimum absolute atomic E-state index is 0.0219. The highest BCUT2D eigenvalue weighted by atomic mass is 35.5. The average Bonchev–Trinajstić information content (AvgIpc) is 3.34. The molecule has 8 nitrogen and oxygen atoms in total. The van der Waals surface area contributed by atoms with Gasteiger partial charge >= 0.3 is 5.97 Å². The monoisotopic (exact) mass is 580 g/mol. The van der Waals surface area contributed by atoms with Crippen molar-refractivity contribution >= 4 is 50.0 Å². The Balaban J connectivity index is 1.49. The molecule has 202 valence electrons. The van der Waals surface area contributed by atoms with Crippen LogP contribution in [0.3, 0.4) is 0 Å². The molecule has 0 aliphatic carbocycles. The molecule has 0 fully saturated rings. The molecular weight excluding hydrogens is 562 g/mol. The van der Waals surface area contributed by atoms with E-state index in [0.29, 0.717) is 39.0 Å². The largest absolute Gasteiger partial charge is 0.491 e. The quantitative estimate of drug-likeness (QED) is 0.237. The highest BCUT2D eigenvalue weighted by molar-refractivity contribution is 7.18. The number of aromatic carboxylic acids is 1. The van der Waals surface area contributed by atoms with E-state index >= 15 is 0 Å². The van der Waals surface area contributed by atoms with Gasteiger partial charge in [-0.1, -0.05) is 11.6 Å². The lowest BCUT2D eigenvalue weighted by Gasteiger charge is -2.16. The number of nitrogens with zero attached hydrogens (tertiary/aromatic N) is 4. The molecule has 1 N–H and O–H groups in total. The Labute approximate surface area is 234 Å². The molecule has 0 spiro atoms. The first-order valence-corrected chi connectivity index (χ1v) is 13.1. The van der Waals surface area contributed by atoms with Crippen molar-refractivity contribution in [2.24, 2.45) is 0 Å². The van der Waals surface area contributed by atoms with Crippen molar-refractivity contribution in [3.63, 3.8) is 0 Å². The number of ether oxygens (including phenoxy) is 1. The van der Waals surface area contributed by atoms with Gasteiger partial charge in [-0.25, -0.2) is 18.6 Å². The van der Waals surface area contributed by atoms with Crippen LogP contribution in [-0.4, -0.2) is 32.2 Å². The molecule has 0 bridgehead atoms. The summed E-state index contributed by atoms with van der Waals surface area (Å²) in [4.78, 5) is 33.5. The van der Waals surface area contributed by atoms with Gasteiger partial charge in [0.25, 0.3) is 11.5 Å². The number of fused-ring (bicyclic) bond motifs is 2. The van der Waals surface area contributed by atoms with Crippen molar-refractivity contribution in [1.29, 1.82) is 5.26 Å². The van der Waals surface area contributed by atoms with Crippen molar-refractivity contribution in [2.75, 3.05) is 6.61 Å². The van der Waals surface area contributed by atoms with E-state index in [1.807, 2.05) is 6.07 Å². The Morgan fingerprint density at radius 2 is 2.02 bits per heavy atom. The van der Waals surface area contributed by atoms with Crippen LogP contribution in [0.1, 0.15) is 34.2 Å². The molecule has 2 aromatic carbocycles. The zero-order valence-electron chi connectivity index (χ0n) is 21.0. The first-order valence-electron chi connectivity index (χ1n) is 11.9. The average molecular weight is 581 g/mol. The zero-order valence-corrected chi connectivity index (χ0v) is 22.6. The van der Waals surface area contributed by atoms with Crippen LogP contribution in [0.5, 0.6) is 5.75 Å². The topological polar surface area (TPSA) is 118 Å². The lowest BCUT2D eigenvalue weighted by Crippen LogP contribution is -2.27. The van der Waals surface area contributed by atoms with Gasteiger partial charge in [0.1, 0.15) is 24.3 Å². The molecule has 0 radical (unpaired) electrons. The fourth-order valence-corrected chi connectivity index (χ4v) is 5.64. The van der Waals surface area contributed by atoms with Crippen LogP contribution in [-0.2, 0) is 12.5 Å². The molecule has 3 aromatic heterocycles. The van der Waals surface area contributed by atoms with E-state index in [9.17, 15) is 28.7 Å². The fourth-order valence-electron chi connectivity index (χ4n) is 4.44. The second kappa shape index (κ2) is 10.3. The first kappa shape index (κ1) is 27.2. The Kier molecular flexibility index (Phi) is 6.99. The lowest BCUT2D eigenvalue weighted by atomic mass is 10.0. The van der Waals surface area contributed by atoms with Gasteiger partial charge in [-0.05, 0) is 43.3 Å². The highest BCUT2D eigenvalue weighted by Gasteiger charge is 2.27. The van der Waals surface area contributed by atoms with E-state index < -0.39 is 23.0 Å². The number of rotatable bonds is 7. The third-order valence-electron chi connectivity index (χ3n) is 6.37. The maximum absolute atomic E-state index is 13.9. The minimum atomic E-state index is -3.20. The number of alkyl halides is 2. The Morgan fingerprint density at radius 1 is 1.25 bits per heavy atom. The number of carboxylic acid groups (broad SMARTS) is 1. The lowest BCUT2D eigenvalue weighted by molar-refractivity contribution is 0.0175. The molecule has 0 aliphatic heterocycles. The van der Waals surface area contributed by atoms with Gasteiger partial charge < -0.3 is 9.84 Å². The molecule has 0 saturated heterocycles. The summed E-state index contributed by atoms with van der Waals surface area (Å²) in [5.41, 5.74) is 0.639. The number of aromatic nitrogens is 3. The highest BCUT2D eigenvalue weighted by Crippen LogP contribution is 2.39. The van der Waals surface area contributed by atoms with Crippen LogP contribution in [0.2, 0.25) is 5.02 Å². The number of pyridine rings is 1. The van der Waals surface area contributed by atoms with E-state index in [1.54, 1.807) is 31.2 Å². The Morgan fingerprint density at radius 3 is 2.73 bits per heavy atom. The maximum atomic E-state index is 13.9. The third-order valence-corrected chi connectivity index (χ3v) is 7.60. The van der Waals surface area contributed by atoms with Crippen LogP contribution in [0, 0.1) is 18.3 Å². The summed E-state index contributed by atoms with van der Waals surface area (Å²) in [6, 6.07) is 10.7. The van der Waals surface area contributed by atoms with E-state index in [-0.39, 0.29) is 41.0 Å². The molecule has 0 saturated carbocycles. The molecule has 12 heteroatoms. The van der Waals surface area contributed by atoms with Crippen LogP contribution < -0.4 is 10.3 Å². The second-order valence-corrected chi connectivity index (χ2v) is 10.3. The number of halogens is 3. The number of benzene rings is 2. The molecule has 3 heterocycles. The van der Waals surface area contributed by atoms with Gasteiger partial charge in [0, 0.05) is 40.2 Å². The molecule has 5 rings (SSSR count). The van der Waals surface area contributed by atoms with Gasteiger partial charge in [0.2, 0.25) is 0 Å². The summed E-state index contributed by atoms with van der Waals surface area (Å²) >= 11 is 7.52. The van der Waals surface area contributed by atoms with Gasteiger partial charge in [-0.2, -0.15) is 5.26 Å². The number of hydrogen-bond acceptors (Lipinski definition) is 7. The summed E-state index contributed by atoms with van der Waals surface area (Å²) in [7, 11) is 0. The van der Waals surface area contributed by atoms with Crippen molar-refractivity contribution < 1.29 is 23.4 Å². The van der Waals surface area contributed by atoms with E-state index in [0.717, 1.165) is 12.1 Å². The van der Waals surface area contributed by atoms with Crippen LogP contribution in [0.15, 0.2) is 52.8 Å². The maximum Gasteiger partial charge on any atom is 0.338 e. The molecular formula is C28H19ClF2N4O4S. The van der Waals surface area contributed by atoms with Gasteiger partial charge in [-0.3, -0.25) is 14.3 Å². The van der Waals surface area contributed by atoms with Crippen LogP contribution >= 0.6 is 22.9 Å². The van der Waals surface area contributed by atoms with Gasteiger partial charge in [0.05, 0.1) is 38.8 Å². The molecule has 40 heavy (non-hydrogen) atoms. The number of aryl methyl sites for hydroxylation is 1. The molecule has 5 aromatic rings. The first-order chi connectivity index (χ1) is 19.0. The number of thiophene rings is 1. The number of nitriles is 1. The fraction of sp³-hybridized carbons (Fsp3) is 0.179. The Bertz CT molecular complexity index is 1920. The van der Waals surface area contributed by atoms with Gasteiger partial charge in [-0.15, -0.1) is 11.3 Å². The van der Waals surface area contributed by atoms with Crippen LogP contribution in [0.25, 0.3) is 32.2 Å². The number of carboxylic acids is 1. The number of carbonyl (C=O) groups is 1. The van der Waals surface area contributed by atoms with Crippen molar-refractivity contribution in [2.45, 2.75) is 26.3 Å². The summed E-state index contributed by atoms with van der Waals surface area (Å²) < 4.78 is 35.9. The predicted molar refractivity (Wildman–Crippen MR) is 148 cm³/mol. The SMILES string of the molecule is Cc1nc2cc(C(C)(F)F)cc(C#N)c2c(=O)n1CCOc1ccc(Cl)cc1-c1ccnc2c(C(=O)O)csc12. The van der Waals surface area contributed by atoms with E-state index in [4.69, 9.17) is 16.3 Å². The Hall–Kier alpha value is -4.40. The third kappa shape index (κ3) is 4.87. The predicted octanol–water partition coefficient (Wildman–Crippen LogP) is 6.40. The normalized spacial score (nSPS) is 11.6. The van der Waals surface area contributed by atoms with E-state index in [2.05, 4.69) is 9.97 Å². The smallest absolute Gasteiger partial charge is 0.338 e. The van der Waals surface area contributed by atoms with Crippen LogP contribution in [0.4, 0.5) is 8.78 Å². The second-order valence-electron chi connectivity index (χ2n) is 9.01.